The molecule has 0 saturated heterocycles. The Kier molecular flexibility index (Phi) is 5.36. The average Bonchev–Trinajstić information content (AvgIpc) is 2.25. The van der Waals surface area contributed by atoms with Gasteiger partial charge in [-0.3, -0.25) is 11.3 Å². The van der Waals surface area contributed by atoms with Crippen LogP contribution in [0.25, 0.3) is 0 Å². The number of nitrogens with two attached hydrogens (primary N) is 1. The first-order chi connectivity index (χ1) is 6.86. The SMILES string of the molecule is C#CCCC(CC1=CCCCC1)NN. The lowest BCUT2D eigenvalue weighted by Crippen LogP contribution is -2.35. The van der Waals surface area contributed by atoms with Gasteiger partial charge in [0.05, 0.1) is 0 Å². The van der Waals surface area contributed by atoms with Crippen LogP contribution in [-0.4, -0.2) is 6.04 Å². The molecule has 14 heavy (non-hydrogen) atoms. The van der Waals surface area contributed by atoms with E-state index in [2.05, 4.69) is 17.4 Å². The van der Waals surface area contributed by atoms with E-state index in [0.29, 0.717) is 6.04 Å². The highest BCUT2D eigenvalue weighted by Crippen LogP contribution is 2.22. The lowest BCUT2D eigenvalue weighted by Gasteiger charge is -2.19. The number of rotatable bonds is 5. The van der Waals surface area contributed by atoms with Crippen molar-refractivity contribution in [3.63, 3.8) is 0 Å². The van der Waals surface area contributed by atoms with Gasteiger partial charge in [0.2, 0.25) is 0 Å². The van der Waals surface area contributed by atoms with Crippen molar-refractivity contribution in [3.8, 4) is 12.3 Å². The number of allylic oxidation sites excluding steroid dienone is 1. The van der Waals surface area contributed by atoms with Crippen LogP contribution in [0.3, 0.4) is 0 Å². The summed E-state index contributed by atoms with van der Waals surface area (Å²) in [7, 11) is 0. The van der Waals surface area contributed by atoms with Crippen molar-refractivity contribution in [1.82, 2.24) is 5.43 Å². The van der Waals surface area contributed by atoms with E-state index in [9.17, 15) is 0 Å². The Morgan fingerprint density at radius 3 is 3.00 bits per heavy atom. The van der Waals surface area contributed by atoms with E-state index in [1.165, 1.54) is 25.7 Å². The highest BCUT2D eigenvalue weighted by atomic mass is 15.2. The Hall–Kier alpha value is -0.780. The normalized spacial score (nSPS) is 18.4. The molecule has 0 aliphatic heterocycles. The zero-order valence-corrected chi connectivity index (χ0v) is 8.76. The van der Waals surface area contributed by atoms with Crippen molar-refractivity contribution in [2.75, 3.05) is 0 Å². The fourth-order valence-electron chi connectivity index (χ4n) is 1.91. The maximum absolute atomic E-state index is 5.48. The molecule has 1 aliphatic carbocycles. The smallest absolute Gasteiger partial charge is 0.0256 e. The van der Waals surface area contributed by atoms with E-state index < -0.39 is 0 Å². The molecule has 2 nitrogen and oxygen atoms in total. The summed E-state index contributed by atoms with van der Waals surface area (Å²) in [5.41, 5.74) is 4.40. The monoisotopic (exact) mass is 192 g/mol. The number of nitrogens with one attached hydrogen (secondary N) is 1. The molecular formula is C12H20N2. The van der Waals surface area contributed by atoms with Gasteiger partial charge in [0.1, 0.15) is 0 Å². The Balaban J connectivity index is 2.31. The number of hydrogen-bond donors (Lipinski definition) is 2. The largest absolute Gasteiger partial charge is 0.271 e. The molecule has 78 valence electrons. The Morgan fingerprint density at radius 2 is 2.43 bits per heavy atom. The molecule has 0 aromatic rings. The maximum Gasteiger partial charge on any atom is 0.0256 e. The summed E-state index contributed by atoms with van der Waals surface area (Å²) in [6.45, 7) is 0. The number of hydrogen-bond acceptors (Lipinski definition) is 2. The van der Waals surface area contributed by atoms with Crippen LogP contribution in [-0.2, 0) is 0 Å². The molecule has 1 aliphatic rings. The predicted molar refractivity (Wildman–Crippen MR) is 60.3 cm³/mol. The minimum atomic E-state index is 0.357. The first kappa shape index (κ1) is 11.3. The van der Waals surface area contributed by atoms with Gasteiger partial charge in [-0.15, -0.1) is 12.3 Å². The van der Waals surface area contributed by atoms with Gasteiger partial charge >= 0.3 is 0 Å². The van der Waals surface area contributed by atoms with Crippen LogP contribution in [0.4, 0.5) is 0 Å². The van der Waals surface area contributed by atoms with E-state index in [0.717, 1.165) is 19.3 Å². The molecule has 0 aromatic heterocycles. The van der Waals surface area contributed by atoms with Crippen molar-refractivity contribution in [1.29, 1.82) is 0 Å². The molecule has 0 saturated carbocycles. The predicted octanol–water partition coefficient (Wildman–Crippen LogP) is 2.12. The summed E-state index contributed by atoms with van der Waals surface area (Å²) in [5, 5.41) is 0. The van der Waals surface area contributed by atoms with Crippen molar-refractivity contribution in [3.05, 3.63) is 11.6 Å². The van der Waals surface area contributed by atoms with Crippen LogP contribution >= 0.6 is 0 Å². The van der Waals surface area contributed by atoms with Gasteiger partial charge in [-0.2, -0.15) is 0 Å². The van der Waals surface area contributed by atoms with Crippen LogP contribution in [0.15, 0.2) is 11.6 Å². The molecule has 0 spiro atoms. The first-order valence-electron chi connectivity index (χ1n) is 5.44. The van der Waals surface area contributed by atoms with Crippen molar-refractivity contribution in [2.45, 2.75) is 51.0 Å². The van der Waals surface area contributed by atoms with Crippen molar-refractivity contribution < 1.29 is 0 Å². The van der Waals surface area contributed by atoms with Gasteiger partial charge in [-0.1, -0.05) is 11.6 Å². The lowest BCUT2D eigenvalue weighted by molar-refractivity contribution is 0.483. The lowest BCUT2D eigenvalue weighted by atomic mass is 9.93. The average molecular weight is 192 g/mol. The fourth-order valence-corrected chi connectivity index (χ4v) is 1.91. The maximum atomic E-state index is 5.48. The van der Waals surface area contributed by atoms with E-state index in [1.807, 2.05) is 0 Å². The zero-order chi connectivity index (χ0) is 10.2. The fraction of sp³-hybridized carbons (Fsp3) is 0.667. The Morgan fingerprint density at radius 1 is 1.57 bits per heavy atom. The van der Waals surface area contributed by atoms with Crippen LogP contribution in [0.5, 0.6) is 0 Å². The summed E-state index contributed by atoms with van der Waals surface area (Å²) in [4.78, 5) is 0. The number of terminal acetylenes is 1. The second-order valence-corrected chi connectivity index (χ2v) is 3.92. The van der Waals surface area contributed by atoms with Gasteiger partial charge in [-0.25, -0.2) is 0 Å². The molecule has 3 N–H and O–H groups in total. The summed E-state index contributed by atoms with van der Waals surface area (Å²) in [5.74, 6) is 8.14. The van der Waals surface area contributed by atoms with Gasteiger partial charge < -0.3 is 0 Å². The Bertz CT molecular complexity index is 225. The molecule has 1 rings (SSSR count). The minimum absolute atomic E-state index is 0.357. The zero-order valence-electron chi connectivity index (χ0n) is 8.76. The third-order valence-electron chi connectivity index (χ3n) is 2.77. The molecule has 1 atom stereocenters. The topological polar surface area (TPSA) is 38.0 Å². The van der Waals surface area contributed by atoms with Crippen LogP contribution in [0.2, 0.25) is 0 Å². The van der Waals surface area contributed by atoms with Gasteiger partial charge in [-0.05, 0) is 38.5 Å². The summed E-state index contributed by atoms with van der Waals surface area (Å²) in [6.07, 6.45) is 15.6. The summed E-state index contributed by atoms with van der Waals surface area (Å²) < 4.78 is 0. The standard InChI is InChI=1S/C12H20N2/c1-2-3-9-12(14-13)10-11-7-5-4-6-8-11/h1,7,12,14H,3-6,8-10,13H2. The molecule has 0 radical (unpaired) electrons. The van der Waals surface area contributed by atoms with Crippen molar-refractivity contribution in [2.24, 2.45) is 5.84 Å². The van der Waals surface area contributed by atoms with E-state index >= 15 is 0 Å². The summed E-state index contributed by atoms with van der Waals surface area (Å²) >= 11 is 0. The third-order valence-corrected chi connectivity index (χ3v) is 2.77. The first-order valence-corrected chi connectivity index (χ1v) is 5.44. The second-order valence-electron chi connectivity index (χ2n) is 3.92. The van der Waals surface area contributed by atoms with E-state index in [-0.39, 0.29) is 0 Å². The van der Waals surface area contributed by atoms with E-state index in [1.54, 1.807) is 5.57 Å². The van der Waals surface area contributed by atoms with Gasteiger partial charge in [0.25, 0.3) is 0 Å². The Labute approximate surface area is 86.9 Å². The quantitative estimate of drug-likeness (QED) is 0.303. The highest BCUT2D eigenvalue weighted by Gasteiger charge is 2.10. The molecule has 2 heteroatoms. The molecular weight excluding hydrogens is 172 g/mol. The minimum Gasteiger partial charge on any atom is -0.271 e. The van der Waals surface area contributed by atoms with Gasteiger partial charge in [0.15, 0.2) is 0 Å². The van der Waals surface area contributed by atoms with Crippen LogP contribution in [0.1, 0.15) is 44.9 Å². The molecule has 0 heterocycles. The molecule has 0 fully saturated rings. The molecule has 1 unspecified atom stereocenters. The van der Waals surface area contributed by atoms with Crippen LogP contribution < -0.4 is 11.3 Å². The van der Waals surface area contributed by atoms with E-state index in [4.69, 9.17) is 12.3 Å². The molecule has 0 aromatic carbocycles. The molecule has 0 bridgehead atoms. The summed E-state index contributed by atoms with van der Waals surface area (Å²) in [6, 6.07) is 0.357. The van der Waals surface area contributed by atoms with Crippen molar-refractivity contribution >= 4 is 0 Å². The third kappa shape index (κ3) is 3.95. The highest BCUT2D eigenvalue weighted by molar-refractivity contribution is 5.07. The second kappa shape index (κ2) is 6.64. The van der Waals surface area contributed by atoms with Crippen LogP contribution in [0, 0.1) is 12.3 Å². The van der Waals surface area contributed by atoms with Gasteiger partial charge in [0, 0.05) is 12.5 Å². The number of hydrazine groups is 1. The molecule has 0 amide bonds.